The molecule has 0 aliphatic carbocycles. The van der Waals surface area contributed by atoms with Gasteiger partial charge >= 0.3 is 0 Å². The monoisotopic (exact) mass is 709 g/mol. The molecular formula is C50H31NS2. The molecule has 0 saturated carbocycles. The van der Waals surface area contributed by atoms with Gasteiger partial charge in [-0.25, -0.2) is 0 Å². The van der Waals surface area contributed by atoms with E-state index in [0.29, 0.717) is 0 Å². The van der Waals surface area contributed by atoms with Gasteiger partial charge < -0.3 is 4.90 Å². The number of thiophene rings is 2. The van der Waals surface area contributed by atoms with Crippen LogP contribution in [0.1, 0.15) is 0 Å². The lowest BCUT2D eigenvalue weighted by Crippen LogP contribution is -2.11. The van der Waals surface area contributed by atoms with E-state index in [1.54, 1.807) is 0 Å². The lowest BCUT2D eigenvalue weighted by molar-refractivity contribution is 1.32. The topological polar surface area (TPSA) is 3.24 Å². The zero-order valence-corrected chi connectivity index (χ0v) is 30.3. The Labute approximate surface area is 315 Å². The molecule has 1 nitrogen and oxygen atoms in total. The van der Waals surface area contributed by atoms with Gasteiger partial charge in [0.05, 0.1) is 11.4 Å². The summed E-state index contributed by atoms with van der Waals surface area (Å²) in [7, 11) is 0. The second-order valence-corrected chi connectivity index (χ2v) is 15.7. The predicted molar refractivity (Wildman–Crippen MR) is 233 cm³/mol. The van der Waals surface area contributed by atoms with Crippen LogP contribution in [-0.2, 0) is 0 Å². The third-order valence-corrected chi connectivity index (χ3v) is 13.1. The summed E-state index contributed by atoms with van der Waals surface area (Å²) in [6.45, 7) is 0. The van der Waals surface area contributed by atoms with Crippen LogP contribution in [0, 0.1) is 0 Å². The third kappa shape index (κ3) is 4.82. The molecule has 0 atom stereocenters. The van der Waals surface area contributed by atoms with Gasteiger partial charge in [-0.2, -0.15) is 0 Å². The highest BCUT2D eigenvalue weighted by atomic mass is 32.1. The minimum Gasteiger partial charge on any atom is -0.309 e. The Morgan fingerprint density at radius 2 is 1.00 bits per heavy atom. The minimum atomic E-state index is 1.14. The second kappa shape index (κ2) is 12.2. The van der Waals surface area contributed by atoms with E-state index >= 15 is 0 Å². The van der Waals surface area contributed by atoms with Gasteiger partial charge in [0.2, 0.25) is 0 Å². The van der Waals surface area contributed by atoms with Crippen molar-refractivity contribution in [2.24, 2.45) is 0 Å². The Hall–Kier alpha value is -6.26. The first-order valence-corrected chi connectivity index (χ1v) is 19.6. The fourth-order valence-electron chi connectivity index (χ4n) is 8.25. The van der Waals surface area contributed by atoms with Gasteiger partial charge in [0.1, 0.15) is 0 Å². The Morgan fingerprint density at radius 1 is 0.340 bits per heavy atom. The van der Waals surface area contributed by atoms with Crippen LogP contribution in [0.3, 0.4) is 0 Å². The highest BCUT2D eigenvalue weighted by Gasteiger charge is 2.21. The van der Waals surface area contributed by atoms with Gasteiger partial charge in [-0.3, -0.25) is 0 Å². The molecule has 2 heterocycles. The summed E-state index contributed by atoms with van der Waals surface area (Å²) >= 11 is 3.80. The molecule has 0 fully saturated rings. The summed E-state index contributed by atoms with van der Waals surface area (Å²) in [6.07, 6.45) is 0. The first kappa shape index (κ1) is 30.4. The molecule has 9 aromatic carbocycles. The van der Waals surface area contributed by atoms with Crippen LogP contribution in [-0.4, -0.2) is 0 Å². The molecule has 0 unspecified atom stereocenters. The molecule has 0 N–H and O–H groups in total. The molecule has 0 amide bonds. The Balaban J connectivity index is 1.16. The van der Waals surface area contributed by atoms with E-state index < -0.39 is 0 Å². The minimum absolute atomic E-state index is 1.14. The summed E-state index contributed by atoms with van der Waals surface area (Å²) < 4.78 is 5.29. The maximum Gasteiger partial charge on any atom is 0.0547 e. The molecule has 2 aromatic heterocycles. The average molecular weight is 710 g/mol. The third-order valence-electron chi connectivity index (χ3n) is 10.6. The maximum atomic E-state index is 2.46. The van der Waals surface area contributed by atoms with Crippen molar-refractivity contribution >= 4 is 102 Å². The van der Waals surface area contributed by atoms with E-state index in [4.69, 9.17) is 0 Å². The summed E-state index contributed by atoms with van der Waals surface area (Å²) in [5, 5.41) is 10.2. The number of fused-ring (bicyclic) bond motifs is 9. The number of anilines is 3. The summed E-state index contributed by atoms with van der Waals surface area (Å²) in [4.78, 5) is 2.46. The van der Waals surface area contributed by atoms with Crippen LogP contribution < -0.4 is 4.90 Å². The fraction of sp³-hybridized carbons (Fsp3) is 0. The van der Waals surface area contributed by atoms with Crippen molar-refractivity contribution in [3.8, 4) is 22.3 Å². The van der Waals surface area contributed by atoms with Crippen molar-refractivity contribution in [3.05, 3.63) is 188 Å². The summed E-state index contributed by atoms with van der Waals surface area (Å²) in [5.74, 6) is 0. The smallest absolute Gasteiger partial charge is 0.0547 e. The highest BCUT2D eigenvalue weighted by molar-refractivity contribution is 7.27. The number of hydrogen-bond donors (Lipinski definition) is 0. The first-order valence-electron chi connectivity index (χ1n) is 18.0. The van der Waals surface area contributed by atoms with Gasteiger partial charge in [0, 0.05) is 62.2 Å². The van der Waals surface area contributed by atoms with E-state index in [1.165, 1.54) is 95.5 Å². The van der Waals surface area contributed by atoms with Crippen LogP contribution in [0.25, 0.3) is 84.1 Å². The molecule has 11 aromatic rings. The van der Waals surface area contributed by atoms with E-state index in [0.717, 1.165) is 5.69 Å². The number of hydrogen-bond acceptors (Lipinski definition) is 3. The first-order chi connectivity index (χ1) is 26.3. The van der Waals surface area contributed by atoms with Gasteiger partial charge in [-0.05, 0) is 70.1 Å². The van der Waals surface area contributed by atoms with Gasteiger partial charge in [-0.1, -0.05) is 146 Å². The lowest BCUT2D eigenvalue weighted by Gasteiger charge is -2.28. The van der Waals surface area contributed by atoms with Crippen LogP contribution in [0.5, 0.6) is 0 Å². The molecule has 0 aliphatic heterocycles. The normalized spacial score (nSPS) is 11.8. The standard InChI is InChI=1S/C50H31NS2/c1-3-14-33(15-4-1)37-23-13-27-47-48(37)41-25-12-24-38(49(41)53-47)34-28-29-46-42(30-34)43-31-45(39-21-9-10-22-40(39)50(43)52-46)51(35-18-5-2-6-19-35)44-26-11-17-32-16-7-8-20-36(32)44/h1-31H. The van der Waals surface area contributed by atoms with Crippen molar-refractivity contribution in [2.45, 2.75) is 0 Å². The molecule has 0 saturated heterocycles. The van der Waals surface area contributed by atoms with E-state index in [-0.39, 0.29) is 0 Å². The fourth-order valence-corrected chi connectivity index (χ4v) is 10.7. The molecule has 11 rings (SSSR count). The molecule has 0 spiro atoms. The van der Waals surface area contributed by atoms with Crippen LogP contribution in [0.15, 0.2) is 188 Å². The largest absolute Gasteiger partial charge is 0.309 e. The molecule has 0 aliphatic rings. The zero-order valence-electron chi connectivity index (χ0n) is 28.7. The molecule has 53 heavy (non-hydrogen) atoms. The van der Waals surface area contributed by atoms with Crippen LogP contribution >= 0.6 is 22.7 Å². The number of rotatable bonds is 5. The highest BCUT2D eigenvalue weighted by Crippen LogP contribution is 2.49. The van der Waals surface area contributed by atoms with E-state index in [9.17, 15) is 0 Å². The summed E-state index contributed by atoms with van der Waals surface area (Å²) in [6, 6.07) is 69.0. The Kier molecular flexibility index (Phi) is 6.97. The quantitative estimate of drug-likeness (QED) is 0.172. The average Bonchev–Trinajstić information content (AvgIpc) is 3.80. The van der Waals surface area contributed by atoms with Crippen molar-refractivity contribution in [2.75, 3.05) is 4.90 Å². The van der Waals surface area contributed by atoms with Crippen molar-refractivity contribution in [1.29, 1.82) is 0 Å². The van der Waals surface area contributed by atoms with Gasteiger partial charge in [-0.15, -0.1) is 22.7 Å². The molecule has 0 bridgehead atoms. The van der Waals surface area contributed by atoms with Crippen LogP contribution in [0.4, 0.5) is 17.1 Å². The van der Waals surface area contributed by atoms with E-state index in [1.807, 2.05) is 22.7 Å². The predicted octanol–water partition coefficient (Wildman–Crippen LogP) is 15.5. The number of benzene rings is 9. The number of para-hydroxylation sites is 1. The van der Waals surface area contributed by atoms with Gasteiger partial charge in [0.15, 0.2) is 0 Å². The van der Waals surface area contributed by atoms with Crippen LogP contribution in [0.2, 0.25) is 0 Å². The molecule has 0 radical (unpaired) electrons. The summed E-state index contributed by atoms with van der Waals surface area (Å²) in [5.41, 5.74) is 8.57. The Bertz CT molecular complexity index is 3170. The second-order valence-electron chi connectivity index (χ2n) is 13.6. The van der Waals surface area contributed by atoms with Crippen molar-refractivity contribution in [1.82, 2.24) is 0 Å². The van der Waals surface area contributed by atoms with Gasteiger partial charge in [0.25, 0.3) is 0 Å². The zero-order chi connectivity index (χ0) is 34.9. The Morgan fingerprint density at radius 3 is 1.87 bits per heavy atom. The molecule has 248 valence electrons. The molecular weight excluding hydrogens is 679 g/mol. The SMILES string of the molecule is c1ccc(-c2cccc3sc4c(-c5ccc6sc7c8ccccc8c(N(c8ccccc8)c8cccc9ccccc89)cc7c6c5)cccc4c23)cc1. The lowest BCUT2D eigenvalue weighted by atomic mass is 9.96. The number of nitrogens with zero attached hydrogens (tertiary/aromatic N) is 1. The van der Waals surface area contributed by atoms with Crippen molar-refractivity contribution in [3.63, 3.8) is 0 Å². The van der Waals surface area contributed by atoms with Crippen molar-refractivity contribution < 1.29 is 0 Å². The maximum absolute atomic E-state index is 2.46. The molecule has 3 heteroatoms. The van der Waals surface area contributed by atoms with E-state index in [2.05, 4.69) is 193 Å².